The SMILES string of the molecule is COc1ccccc1CCNC(=O)c1ncc(F)cc1C. The molecule has 0 saturated heterocycles. The van der Waals surface area contributed by atoms with Gasteiger partial charge in [0, 0.05) is 6.54 Å². The summed E-state index contributed by atoms with van der Waals surface area (Å²) >= 11 is 0. The van der Waals surface area contributed by atoms with Gasteiger partial charge in [-0.3, -0.25) is 4.79 Å². The van der Waals surface area contributed by atoms with E-state index in [0.29, 0.717) is 18.5 Å². The number of carbonyl (C=O) groups is 1. The summed E-state index contributed by atoms with van der Waals surface area (Å²) in [5, 5.41) is 2.78. The summed E-state index contributed by atoms with van der Waals surface area (Å²) in [7, 11) is 1.61. The van der Waals surface area contributed by atoms with E-state index in [4.69, 9.17) is 4.74 Å². The van der Waals surface area contributed by atoms with E-state index in [9.17, 15) is 9.18 Å². The van der Waals surface area contributed by atoms with E-state index in [-0.39, 0.29) is 11.6 Å². The first-order valence-corrected chi connectivity index (χ1v) is 6.64. The second-order valence-corrected chi connectivity index (χ2v) is 4.64. The maximum Gasteiger partial charge on any atom is 0.270 e. The minimum Gasteiger partial charge on any atom is -0.496 e. The molecule has 0 radical (unpaired) electrons. The highest BCUT2D eigenvalue weighted by molar-refractivity contribution is 5.93. The molecule has 5 heteroatoms. The molecule has 21 heavy (non-hydrogen) atoms. The number of methoxy groups -OCH3 is 1. The van der Waals surface area contributed by atoms with Crippen LogP contribution in [0.5, 0.6) is 5.75 Å². The molecule has 1 aromatic heterocycles. The topological polar surface area (TPSA) is 51.2 Å². The summed E-state index contributed by atoms with van der Waals surface area (Å²) < 4.78 is 18.2. The maximum absolute atomic E-state index is 13.0. The van der Waals surface area contributed by atoms with Gasteiger partial charge < -0.3 is 10.1 Å². The summed E-state index contributed by atoms with van der Waals surface area (Å²) in [6, 6.07) is 8.94. The smallest absolute Gasteiger partial charge is 0.270 e. The van der Waals surface area contributed by atoms with Gasteiger partial charge >= 0.3 is 0 Å². The molecule has 2 aromatic rings. The van der Waals surface area contributed by atoms with Crippen molar-refractivity contribution in [3.63, 3.8) is 0 Å². The lowest BCUT2D eigenvalue weighted by molar-refractivity contribution is 0.0948. The highest BCUT2D eigenvalue weighted by atomic mass is 19.1. The van der Waals surface area contributed by atoms with Crippen LogP contribution in [0.15, 0.2) is 36.5 Å². The molecule has 0 unspecified atom stereocenters. The molecule has 0 atom stereocenters. The van der Waals surface area contributed by atoms with Gasteiger partial charge in [-0.25, -0.2) is 9.37 Å². The quantitative estimate of drug-likeness (QED) is 0.919. The Labute approximate surface area is 123 Å². The average molecular weight is 288 g/mol. The summed E-state index contributed by atoms with van der Waals surface area (Å²) in [5.41, 5.74) is 1.78. The van der Waals surface area contributed by atoms with E-state index in [1.807, 2.05) is 24.3 Å². The Bertz CT molecular complexity index is 644. The van der Waals surface area contributed by atoms with Gasteiger partial charge in [-0.1, -0.05) is 18.2 Å². The van der Waals surface area contributed by atoms with Crippen molar-refractivity contribution in [3.05, 3.63) is 59.2 Å². The van der Waals surface area contributed by atoms with E-state index >= 15 is 0 Å². The molecule has 4 nitrogen and oxygen atoms in total. The zero-order chi connectivity index (χ0) is 15.2. The van der Waals surface area contributed by atoms with Crippen molar-refractivity contribution < 1.29 is 13.9 Å². The van der Waals surface area contributed by atoms with Crippen LogP contribution in [0.25, 0.3) is 0 Å². The van der Waals surface area contributed by atoms with E-state index in [1.165, 1.54) is 6.07 Å². The number of benzene rings is 1. The van der Waals surface area contributed by atoms with Crippen molar-refractivity contribution >= 4 is 5.91 Å². The first-order chi connectivity index (χ1) is 10.1. The van der Waals surface area contributed by atoms with Crippen molar-refractivity contribution in [2.75, 3.05) is 13.7 Å². The van der Waals surface area contributed by atoms with Crippen LogP contribution >= 0.6 is 0 Å². The van der Waals surface area contributed by atoms with Crippen LogP contribution in [0.1, 0.15) is 21.6 Å². The number of rotatable bonds is 5. The molecule has 1 aromatic carbocycles. The number of carbonyl (C=O) groups excluding carboxylic acids is 1. The predicted octanol–water partition coefficient (Wildman–Crippen LogP) is 2.51. The number of aryl methyl sites for hydroxylation is 1. The lowest BCUT2D eigenvalue weighted by Gasteiger charge is -2.09. The number of nitrogens with one attached hydrogen (secondary N) is 1. The minimum atomic E-state index is -0.446. The number of amides is 1. The summed E-state index contributed by atoms with van der Waals surface area (Å²) in [6.07, 6.45) is 1.69. The number of para-hydroxylation sites is 1. The summed E-state index contributed by atoms with van der Waals surface area (Å²) in [4.78, 5) is 15.8. The van der Waals surface area contributed by atoms with Crippen LogP contribution in [0.3, 0.4) is 0 Å². The summed E-state index contributed by atoms with van der Waals surface area (Å²) in [5.74, 6) is 0.0447. The fourth-order valence-electron chi connectivity index (χ4n) is 2.08. The van der Waals surface area contributed by atoms with Crippen LogP contribution in [-0.4, -0.2) is 24.5 Å². The maximum atomic E-state index is 13.0. The Kier molecular flexibility index (Phi) is 4.87. The van der Waals surface area contributed by atoms with Gasteiger partial charge in [0.05, 0.1) is 13.3 Å². The molecule has 0 aliphatic heterocycles. The Morgan fingerprint density at radius 2 is 2.14 bits per heavy atom. The molecule has 0 saturated carbocycles. The Morgan fingerprint density at radius 3 is 2.86 bits per heavy atom. The van der Waals surface area contributed by atoms with E-state index < -0.39 is 5.82 Å². The molecule has 0 aliphatic rings. The zero-order valence-electron chi connectivity index (χ0n) is 12.0. The van der Waals surface area contributed by atoms with Crippen LogP contribution in [0, 0.1) is 12.7 Å². The molecule has 0 fully saturated rings. The van der Waals surface area contributed by atoms with Crippen LogP contribution in [0.2, 0.25) is 0 Å². The highest BCUT2D eigenvalue weighted by Crippen LogP contribution is 2.17. The largest absolute Gasteiger partial charge is 0.496 e. The van der Waals surface area contributed by atoms with Crippen LogP contribution in [0.4, 0.5) is 4.39 Å². The fourth-order valence-corrected chi connectivity index (χ4v) is 2.08. The molecular formula is C16H17FN2O2. The lowest BCUT2D eigenvalue weighted by atomic mass is 10.1. The van der Waals surface area contributed by atoms with Gasteiger partial charge in [-0.15, -0.1) is 0 Å². The lowest BCUT2D eigenvalue weighted by Crippen LogP contribution is -2.27. The van der Waals surface area contributed by atoms with E-state index in [2.05, 4.69) is 10.3 Å². The first-order valence-electron chi connectivity index (χ1n) is 6.64. The number of hydrogen-bond acceptors (Lipinski definition) is 3. The molecule has 1 heterocycles. The number of halogens is 1. The van der Waals surface area contributed by atoms with Gasteiger partial charge in [-0.2, -0.15) is 0 Å². The third-order valence-electron chi connectivity index (χ3n) is 3.13. The zero-order valence-corrected chi connectivity index (χ0v) is 12.0. The molecule has 110 valence electrons. The molecule has 2 rings (SSSR count). The predicted molar refractivity (Wildman–Crippen MR) is 78.0 cm³/mol. The molecule has 1 amide bonds. The van der Waals surface area contributed by atoms with Gasteiger partial charge in [0.2, 0.25) is 0 Å². The monoisotopic (exact) mass is 288 g/mol. The second kappa shape index (κ2) is 6.83. The van der Waals surface area contributed by atoms with Crippen molar-refractivity contribution in [1.29, 1.82) is 0 Å². The number of nitrogens with zero attached hydrogens (tertiary/aromatic N) is 1. The van der Waals surface area contributed by atoms with Gasteiger partial charge in [0.1, 0.15) is 17.3 Å². The third-order valence-corrected chi connectivity index (χ3v) is 3.13. The van der Waals surface area contributed by atoms with Crippen molar-refractivity contribution in [2.45, 2.75) is 13.3 Å². The van der Waals surface area contributed by atoms with Gasteiger partial charge in [-0.05, 0) is 36.6 Å². The average Bonchev–Trinajstić information content (AvgIpc) is 2.47. The van der Waals surface area contributed by atoms with Gasteiger partial charge in [0.25, 0.3) is 5.91 Å². The number of ether oxygens (including phenoxy) is 1. The van der Waals surface area contributed by atoms with Crippen molar-refractivity contribution in [3.8, 4) is 5.75 Å². The van der Waals surface area contributed by atoms with Crippen LogP contribution < -0.4 is 10.1 Å². The Balaban J connectivity index is 1.95. The number of aromatic nitrogens is 1. The van der Waals surface area contributed by atoms with Crippen molar-refractivity contribution in [2.24, 2.45) is 0 Å². The minimum absolute atomic E-state index is 0.247. The fraction of sp³-hybridized carbons (Fsp3) is 0.250. The Morgan fingerprint density at radius 1 is 1.38 bits per heavy atom. The highest BCUT2D eigenvalue weighted by Gasteiger charge is 2.11. The van der Waals surface area contributed by atoms with E-state index in [1.54, 1.807) is 14.0 Å². The molecule has 0 aliphatic carbocycles. The number of hydrogen-bond donors (Lipinski definition) is 1. The second-order valence-electron chi connectivity index (χ2n) is 4.64. The Hall–Kier alpha value is -2.43. The molecular weight excluding hydrogens is 271 g/mol. The number of pyridine rings is 1. The molecule has 0 bridgehead atoms. The third kappa shape index (κ3) is 3.78. The first kappa shape index (κ1) is 15.0. The van der Waals surface area contributed by atoms with Crippen molar-refractivity contribution in [1.82, 2.24) is 10.3 Å². The normalized spacial score (nSPS) is 10.2. The van der Waals surface area contributed by atoms with Gasteiger partial charge in [0.15, 0.2) is 0 Å². The van der Waals surface area contributed by atoms with E-state index in [0.717, 1.165) is 17.5 Å². The molecule has 1 N–H and O–H groups in total. The summed E-state index contributed by atoms with van der Waals surface area (Å²) in [6.45, 7) is 2.11. The van der Waals surface area contributed by atoms with Crippen LogP contribution in [-0.2, 0) is 6.42 Å². The molecule has 0 spiro atoms. The standard InChI is InChI=1S/C16H17FN2O2/c1-11-9-13(17)10-19-15(11)16(20)18-8-7-12-5-3-4-6-14(12)21-2/h3-6,9-10H,7-8H2,1-2H3,(H,18,20).